The number of methoxy groups -OCH3 is 1. The Bertz CT molecular complexity index is 967. The molecule has 0 unspecified atom stereocenters. The summed E-state index contributed by atoms with van der Waals surface area (Å²) in [5, 5.41) is 15.6. The third-order valence-corrected chi connectivity index (χ3v) is 4.37. The van der Waals surface area contributed by atoms with Crippen molar-refractivity contribution in [3.8, 4) is 17.2 Å². The molecule has 3 aromatic rings. The molecule has 0 saturated carbocycles. The molecular weight excluding hydrogens is 360 g/mol. The number of rotatable bonds is 7. The number of benzene rings is 2. The standard InChI is InChI=1S/C20H22N4O4/c1-13(2)19-21-20(28-22-19)15-7-10-17(18(11-15)24(25)26)23(3)12-14-5-8-16(27-4)9-6-14/h5-11,13H,12H2,1-4H3. The van der Waals surface area contributed by atoms with Gasteiger partial charge in [-0.2, -0.15) is 4.98 Å². The van der Waals surface area contributed by atoms with Gasteiger partial charge in [0.25, 0.3) is 11.6 Å². The molecular formula is C20H22N4O4. The van der Waals surface area contributed by atoms with Gasteiger partial charge in [-0.05, 0) is 29.8 Å². The maximum absolute atomic E-state index is 11.7. The van der Waals surface area contributed by atoms with Gasteiger partial charge in [0.1, 0.15) is 11.4 Å². The molecule has 0 aliphatic rings. The van der Waals surface area contributed by atoms with Crippen molar-refractivity contribution in [2.75, 3.05) is 19.1 Å². The molecule has 0 aliphatic carbocycles. The highest BCUT2D eigenvalue weighted by Crippen LogP contribution is 2.33. The Balaban J connectivity index is 1.88. The van der Waals surface area contributed by atoms with Crippen molar-refractivity contribution in [2.24, 2.45) is 0 Å². The minimum Gasteiger partial charge on any atom is -0.497 e. The zero-order valence-corrected chi connectivity index (χ0v) is 16.2. The summed E-state index contributed by atoms with van der Waals surface area (Å²) in [5.74, 6) is 1.72. The van der Waals surface area contributed by atoms with E-state index in [1.807, 2.05) is 50.1 Å². The Morgan fingerprint density at radius 1 is 1.21 bits per heavy atom. The lowest BCUT2D eigenvalue weighted by Gasteiger charge is -2.19. The summed E-state index contributed by atoms with van der Waals surface area (Å²) in [5.41, 5.74) is 2.03. The fourth-order valence-electron chi connectivity index (χ4n) is 2.80. The van der Waals surface area contributed by atoms with Gasteiger partial charge in [0.15, 0.2) is 5.82 Å². The van der Waals surface area contributed by atoms with Gasteiger partial charge in [-0.3, -0.25) is 10.1 Å². The van der Waals surface area contributed by atoms with Crippen LogP contribution in [0, 0.1) is 10.1 Å². The summed E-state index contributed by atoms with van der Waals surface area (Å²) in [7, 11) is 3.43. The van der Waals surface area contributed by atoms with Gasteiger partial charge in [0, 0.05) is 31.1 Å². The molecule has 8 heteroatoms. The Morgan fingerprint density at radius 2 is 1.93 bits per heavy atom. The molecule has 0 saturated heterocycles. The van der Waals surface area contributed by atoms with Crippen LogP contribution in [0.4, 0.5) is 11.4 Å². The van der Waals surface area contributed by atoms with Crippen LogP contribution in [-0.2, 0) is 6.54 Å². The summed E-state index contributed by atoms with van der Waals surface area (Å²) in [6, 6.07) is 12.5. The molecule has 0 radical (unpaired) electrons. The number of hydrogen-bond acceptors (Lipinski definition) is 7. The van der Waals surface area contributed by atoms with Gasteiger partial charge in [-0.25, -0.2) is 0 Å². The van der Waals surface area contributed by atoms with Gasteiger partial charge < -0.3 is 14.2 Å². The van der Waals surface area contributed by atoms with Crippen molar-refractivity contribution in [3.05, 3.63) is 64.0 Å². The van der Waals surface area contributed by atoms with Crippen LogP contribution in [0.2, 0.25) is 0 Å². The van der Waals surface area contributed by atoms with Crippen LogP contribution in [0.25, 0.3) is 11.5 Å². The Labute approximate surface area is 162 Å². The highest BCUT2D eigenvalue weighted by Gasteiger charge is 2.21. The number of ether oxygens (including phenoxy) is 1. The summed E-state index contributed by atoms with van der Waals surface area (Å²) in [6.07, 6.45) is 0. The molecule has 1 heterocycles. The maximum atomic E-state index is 11.7. The Morgan fingerprint density at radius 3 is 2.50 bits per heavy atom. The maximum Gasteiger partial charge on any atom is 0.293 e. The smallest absolute Gasteiger partial charge is 0.293 e. The second-order valence-electron chi connectivity index (χ2n) is 6.78. The molecule has 0 atom stereocenters. The lowest BCUT2D eigenvalue weighted by atomic mass is 10.1. The van der Waals surface area contributed by atoms with Crippen LogP contribution < -0.4 is 9.64 Å². The molecule has 146 valence electrons. The first kappa shape index (κ1) is 19.3. The number of anilines is 1. The van der Waals surface area contributed by atoms with Crippen LogP contribution in [0.1, 0.15) is 31.2 Å². The first-order valence-corrected chi connectivity index (χ1v) is 8.85. The van der Waals surface area contributed by atoms with Crippen LogP contribution in [0.3, 0.4) is 0 Å². The lowest BCUT2D eigenvalue weighted by molar-refractivity contribution is -0.384. The molecule has 0 aliphatic heterocycles. The average molecular weight is 382 g/mol. The third-order valence-electron chi connectivity index (χ3n) is 4.37. The van der Waals surface area contributed by atoms with Crippen LogP contribution in [0.5, 0.6) is 5.75 Å². The average Bonchev–Trinajstić information content (AvgIpc) is 3.18. The molecule has 2 aromatic carbocycles. The normalized spacial score (nSPS) is 10.9. The number of nitro groups is 1. The van der Waals surface area contributed by atoms with Crippen molar-refractivity contribution < 1.29 is 14.2 Å². The van der Waals surface area contributed by atoms with E-state index >= 15 is 0 Å². The first-order valence-electron chi connectivity index (χ1n) is 8.85. The van der Waals surface area contributed by atoms with Crippen molar-refractivity contribution in [1.29, 1.82) is 0 Å². The number of nitrogens with zero attached hydrogens (tertiary/aromatic N) is 4. The fraction of sp³-hybridized carbons (Fsp3) is 0.300. The van der Waals surface area contributed by atoms with E-state index in [4.69, 9.17) is 9.26 Å². The van der Waals surface area contributed by atoms with E-state index in [9.17, 15) is 10.1 Å². The highest BCUT2D eigenvalue weighted by atomic mass is 16.6. The summed E-state index contributed by atoms with van der Waals surface area (Å²) in [4.78, 5) is 17.4. The SMILES string of the molecule is COc1ccc(CN(C)c2ccc(-c3nc(C(C)C)no3)cc2[N+](=O)[O-])cc1. The van der Waals surface area contributed by atoms with Crippen LogP contribution in [-0.4, -0.2) is 29.2 Å². The topological polar surface area (TPSA) is 94.5 Å². The lowest BCUT2D eigenvalue weighted by Crippen LogP contribution is -2.17. The minimum atomic E-state index is -0.400. The minimum absolute atomic E-state index is 0.0159. The molecule has 3 rings (SSSR count). The molecule has 0 bridgehead atoms. The van der Waals surface area contributed by atoms with E-state index in [0.717, 1.165) is 11.3 Å². The predicted molar refractivity (Wildman–Crippen MR) is 106 cm³/mol. The molecule has 1 aromatic heterocycles. The molecule has 0 N–H and O–H groups in total. The predicted octanol–water partition coefficient (Wildman–Crippen LogP) is 4.41. The van der Waals surface area contributed by atoms with Gasteiger partial charge in [0.2, 0.25) is 0 Å². The van der Waals surface area contributed by atoms with Crippen LogP contribution >= 0.6 is 0 Å². The Hall–Kier alpha value is -3.42. The monoisotopic (exact) mass is 382 g/mol. The van der Waals surface area contributed by atoms with Gasteiger partial charge in [-0.1, -0.05) is 31.1 Å². The van der Waals surface area contributed by atoms with E-state index in [2.05, 4.69) is 10.1 Å². The molecule has 28 heavy (non-hydrogen) atoms. The van der Waals surface area contributed by atoms with Crippen molar-refractivity contribution in [3.63, 3.8) is 0 Å². The second kappa shape index (κ2) is 8.08. The van der Waals surface area contributed by atoms with E-state index in [-0.39, 0.29) is 17.5 Å². The first-order chi connectivity index (χ1) is 13.4. The van der Waals surface area contributed by atoms with E-state index in [1.165, 1.54) is 6.07 Å². The molecule has 8 nitrogen and oxygen atoms in total. The van der Waals surface area contributed by atoms with Crippen LogP contribution in [0.15, 0.2) is 47.0 Å². The largest absolute Gasteiger partial charge is 0.497 e. The number of aromatic nitrogens is 2. The quantitative estimate of drug-likeness (QED) is 0.441. The van der Waals surface area contributed by atoms with E-state index in [0.29, 0.717) is 23.6 Å². The van der Waals surface area contributed by atoms with Gasteiger partial charge in [-0.15, -0.1) is 0 Å². The zero-order valence-electron chi connectivity index (χ0n) is 16.2. The van der Waals surface area contributed by atoms with Gasteiger partial charge >= 0.3 is 0 Å². The zero-order chi connectivity index (χ0) is 20.3. The second-order valence-corrected chi connectivity index (χ2v) is 6.78. The summed E-state index contributed by atoms with van der Waals surface area (Å²) < 4.78 is 10.4. The third kappa shape index (κ3) is 4.11. The van der Waals surface area contributed by atoms with Crippen molar-refractivity contribution in [1.82, 2.24) is 10.1 Å². The van der Waals surface area contributed by atoms with Gasteiger partial charge in [0.05, 0.1) is 12.0 Å². The summed E-state index contributed by atoms with van der Waals surface area (Å²) >= 11 is 0. The Kier molecular flexibility index (Phi) is 5.58. The highest BCUT2D eigenvalue weighted by molar-refractivity contribution is 5.70. The van der Waals surface area contributed by atoms with Crippen molar-refractivity contribution >= 4 is 11.4 Å². The fourth-order valence-corrected chi connectivity index (χ4v) is 2.80. The molecule has 0 fully saturated rings. The molecule has 0 spiro atoms. The number of nitro benzene ring substituents is 1. The van der Waals surface area contributed by atoms with E-state index < -0.39 is 4.92 Å². The summed E-state index contributed by atoms with van der Waals surface area (Å²) in [6.45, 7) is 4.42. The number of hydrogen-bond donors (Lipinski definition) is 0. The van der Waals surface area contributed by atoms with E-state index in [1.54, 1.807) is 19.2 Å². The molecule has 0 amide bonds. The van der Waals surface area contributed by atoms with Crippen molar-refractivity contribution in [2.45, 2.75) is 26.3 Å².